The fourth-order valence-electron chi connectivity index (χ4n) is 0.829. The largest absolute Gasteiger partial charge is 0.248 e. The van der Waals surface area contributed by atoms with Gasteiger partial charge in [-0.3, -0.25) is 0 Å². The Morgan fingerprint density at radius 1 is 1.50 bits per heavy atom. The highest BCUT2D eigenvalue weighted by molar-refractivity contribution is 7.44. The molecule has 0 aromatic rings. The Morgan fingerprint density at radius 3 is 2.12 bits per heavy atom. The van der Waals surface area contributed by atoms with Crippen LogP contribution in [0.15, 0.2) is 0 Å². The molecule has 8 heavy (non-hydrogen) atoms. The second-order valence-corrected chi connectivity index (χ2v) is 10.9. The van der Waals surface area contributed by atoms with Crippen LogP contribution >= 0.6 is 22.2 Å². The van der Waals surface area contributed by atoms with Crippen LogP contribution in [0.3, 0.4) is 0 Å². The Balaban J connectivity index is 2.16. The molecule has 0 saturated heterocycles. The van der Waals surface area contributed by atoms with Crippen LogP contribution in [0.1, 0.15) is 12.8 Å². The van der Waals surface area contributed by atoms with E-state index < -0.39 is 6.69 Å². The van der Waals surface area contributed by atoms with E-state index in [9.17, 15) is 0 Å². The van der Waals surface area contributed by atoms with Crippen molar-refractivity contribution < 1.29 is 0 Å². The van der Waals surface area contributed by atoms with Crippen LogP contribution in [-0.2, 0) is 0 Å². The van der Waals surface area contributed by atoms with Gasteiger partial charge in [-0.25, -0.2) is 0 Å². The summed E-state index contributed by atoms with van der Waals surface area (Å²) >= 11 is 11.7. The second kappa shape index (κ2) is 2.20. The van der Waals surface area contributed by atoms with Gasteiger partial charge in [0, 0.05) is 0 Å². The van der Waals surface area contributed by atoms with Gasteiger partial charge < -0.3 is 0 Å². The lowest BCUT2D eigenvalue weighted by molar-refractivity contribution is 0.964. The van der Waals surface area contributed by atoms with E-state index in [1.165, 1.54) is 12.8 Å². The number of rotatable bonds is 2. The normalized spacial score (nSPS) is 21.4. The van der Waals surface area contributed by atoms with Crippen molar-refractivity contribution >= 4 is 28.9 Å². The van der Waals surface area contributed by atoms with E-state index in [0.717, 1.165) is 12.0 Å². The molecule has 0 radical (unpaired) electrons. The molecule has 0 bridgehead atoms. The summed E-state index contributed by atoms with van der Waals surface area (Å²) in [7, 11) is 0. The van der Waals surface area contributed by atoms with Crippen molar-refractivity contribution in [3.63, 3.8) is 0 Å². The maximum atomic E-state index is 5.87. The molecule has 48 valence electrons. The molecule has 0 aromatic heterocycles. The van der Waals surface area contributed by atoms with E-state index in [1.54, 1.807) is 0 Å². The van der Waals surface area contributed by atoms with Crippen molar-refractivity contribution in [1.82, 2.24) is 0 Å². The Kier molecular flexibility index (Phi) is 1.90. The van der Waals surface area contributed by atoms with Crippen molar-refractivity contribution in [3.05, 3.63) is 0 Å². The predicted molar refractivity (Wildman–Crippen MR) is 40.9 cm³/mol. The summed E-state index contributed by atoms with van der Waals surface area (Å²) in [6.45, 7) is 0.281. The molecule has 0 N–H and O–H groups in total. The molecule has 0 aliphatic heterocycles. The number of hydrogen-bond acceptors (Lipinski definition) is 0. The maximum absolute atomic E-state index is 5.87. The Bertz CT molecular complexity index is 82.9. The molecule has 1 saturated carbocycles. The van der Waals surface area contributed by atoms with Gasteiger partial charge in [0.25, 0.3) is 0 Å². The topological polar surface area (TPSA) is 0 Å². The van der Waals surface area contributed by atoms with Gasteiger partial charge in [-0.1, -0.05) is 12.8 Å². The lowest BCUT2D eigenvalue weighted by atomic mass is 10.5. The zero-order valence-electron chi connectivity index (χ0n) is 4.95. The first kappa shape index (κ1) is 6.91. The van der Waals surface area contributed by atoms with Crippen molar-refractivity contribution in [2.45, 2.75) is 25.4 Å². The SMILES string of the molecule is C[Si](Cl)(Cl)CC1CC1. The Hall–Kier alpha value is 0.797. The molecule has 0 atom stereocenters. The number of hydrogen-bond donors (Lipinski definition) is 0. The molecule has 0 nitrogen and oxygen atoms in total. The first-order valence-electron chi connectivity index (χ1n) is 2.96. The average Bonchev–Trinajstić information content (AvgIpc) is 2.12. The highest BCUT2D eigenvalue weighted by atomic mass is 35.7. The standard InChI is InChI=1S/C5H10Cl2Si/c1-8(6,7)4-5-2-3-5/h5H,2-4H2,1H3. The summed E-state index contributed by atoms with van der Waals surface area (Å²) in [5.74, 6) is 0.890. The third-order valence-corrected chi connectivity index (χ3v) is 3.56. The zero-order valence-corrected chi connectivity index (χ0v) is 7.47. The van der Waals surface area contributed by atoms with Gasteiger partial charge in [0.05, 0.1) is 0 Å². The molecule has 0 spiro atoms. The van der Waals surface area contributed by atoms with Crippen LogP contribution < -0.4 is 0 Å². The Labute approximate surface area is 60.6 Å². The fourth-order valence-corrected chi connectivity index (χ4v) is 3.56. The van der Waals surface area contributed by atoms with E-state index in [2.05, 4.69) is 0 Å². The van der Waals surface area contributed by atoms with Crippen LogP contribution in [0, 0.1) is 5.92 Å². The van der Waals surface area contributed by atoms with Crippen LogP contribution in [0.5, 0.6) is 0 Å². The monoisotopic (exact) mass is 168 g/mol. The zero-order chi connectivity index (χ0) is 6.20. The maximum Gasteiger partial charge on any atom is 0.248 e. The molecular weight excluding hydrogens is 159 g/mol. The first-order valence-corrected chi connectivity index (χ1v) is 7.69. The van der Waals surface area contributed by atoms with Crippen molar-refractivity contribution in [1.29, 1.82) is 0 Å². The highest BCUT2D eigenvalue weighted by Crippen LogP contribution is 2.39. The molecule has 3 heteroatoms. The van der Waals surface area contributed by atoms with Gasteiger partial charge in [-0.15, -0.1) is 22.2 Å². The van der Waals surface area contributed by atoms with E-state index in [4.69, 9.17) is 22.2 Å². The van der Waals surface area contributed by atoms with Gasteiger partial charge in [0.1, 0.15) is 0 Å². The molecule has 1 aliphatic rings. The van der Waals surface area contributed by atoms with Gasteiger partial charge in [0.15, 0.2) is 0 Å². The molecule has 1 aliphatic carbocycles. The van der Waals surface area contributed by atoms with Gasteiger partial charge in [0.2, 0.25) is 6.69 Å². The van der Waals surface area contributed by atoms with Gasteiger partial charge in [-0.2, -0.15) is 0 Å². The Morgan fingerprint density at radius 2 is 2.00 bits per heavy atom. The fraction of sp³-hybridized carbons (Fsp3) is 1.00. The van der Waals surface area contributed by atoms with E-state index in [-0.39, 0.29) is 0 Å². The molecule has 0 heterocycles. The van der Waals surface area contributed by atoms with E-state index >= 15 is 0 Å². The summed E-state index contributed by atoms with van der Waals surface area (Å²) in [5, 5.41) is 0. The molecule has 1 fully saturated rings. The lowest BCUT2D eigenvalue weighted by Crippen LogP contribution is -2.12. The minimum atomic E-state index is -1.71. The summed E-state index contributed by atoms with van der Waals surface area (Å²) in [5.41, 5.74) is 0. The van der Waals surface area contributed by atoms with Crippen molar-refractivity contribution in [2.75, 3.05) is 0 Å². The molecule has 0 amide bonds. The third-order valence-electron chi connectivity index (χ3n) is 1.34. The highest BCUT2D eigenvalue weighted by Gasteiger charge is 2.32. The van der Waals surface area contributed by atoms with Crippen molar-refractivity contribution in [3.8, 4) is 0 Å². The summed E-state index contributed by atoms with van der Waals surface area (Å²) in [4.78, 5) is 0. The lowest BCUT2D eigenvalue weighted by Gasteiger charge is -2.06. The van der Waals surface area contributed by atoms with Gasteiger partial charge >= 0.3 is 0 Å². The summed E-state index contributed by atoms with van der Waals surface area (Å²) < 4.78 is 0. The molecular formula is C5H10Cl2Si. The molecule has 0 unspecified atom stereocenters. The summed E-state index contributed by atoms with van der Waals surface area (Å²) in [6.07, 6.45) is 2.73. The minimum Gasteiger partial charge on any atom is -0.146 e. The third kappa shape index (κ3) is 2.95. The average molecular weight is 169 g/mol. The molecule has 1 rings (SSSR count). The van der Waals surface area contributed by atoms with Crippen LogP contribution in [0.2, 0.25) is 12.6 Å². The summed E-state index contributed by atoms with van der Waals surface area (Å²) in [6, 6.07) is 1.11. The van der Waals surface area contributed by atoms with Crippen molar-refractivity contribution in [2.24, 2.45) is 5.92 Å². The van der Waals surface area contributed by atoms with E-state index in [1.807, 2.05) is 6.55 Å². The van der Waals surface area contributed by atoms with E-state index in [0.29, 0.717) is 0 Å². The minimum absolute atomic E-state index is 0.890. The molecule has 0 aromatic carbocycles. The van der Waals surface area contributed by atoms with Crippen LogP contribution in [-0.4, -0.2) is 6.69 Å². The number of halogens is 2. The van der Waals surface area contributed by atoms with Crippen LogP contribution in [0.25, 0.3) is 0 Å². The van der Waals surface area contributed by atoms with Gasteiger partial charge in [-0.05, 0) is 18.5 Å². The predicted octanol–water partition coefficient (Wildman–Crippen LogP) is 2.95. The quantitative estimate of drug-likeness (QED) is 0.440. The second-order valence-electron chi connectivity index (χ2n) is 2.72. The first-order chi connectivity index (χ1) is 3.58. The smallest absolute Gasteiger partial charge is 0.146 e. The van der Waals surface area contributed by atoms with Crippen LogP contribution in [0.4, 0.5) is 0 Å².